The molecule has 0 saturated heterocycles. The molecule has 0 atom stereocenters. The highest BCUT2D eigenvalue weighted by atomic mass is 16.6. The van der Waals surface area contributed by atoms with Gasteiger partial charge in [0.15, 0.2) is 0 Å². The maximum atomic E-state index is 11.1. The summed E-state index contributed by atoms with van der Waals surface area (Å²) in [5.74, 6) is -0.0449. The van der Waals surface area contributed by atoms with E-state index in [-0.39, 0.29) is 17.9 Å². The number of carbonyl (C=O) groups excluding carboxylic acids is 1. The minimum Gasteiger partial charge on any atom is -0.300 e. The van der Waals surface area contributed by atoms with Crippen LogP contribution in [0.15, 0.2) is 24.5 Å². The lowest BCUT2D eigenvalue weighted by molar-refractivity contribution is -0.384. The molecule has 17 heavy (non-hydrogen) atoms. The van der Waals surface area contributed by atoms with Gasteiger partial charge in [0, 0.05) is 23.9 Å². The SMILES string of the molecule is CC(=O)Cc1ncnc2ccc([N+](=O)[O-])cc12. The zero-order chi connectivity index (χ0) is 12.4. The summed E-state index contributed by atoms with van der Waals surface area (Å²) in [5.41, 5.74) is 1.09. The number of hydrogen-bond acceptors (Lipinski definition) is 5. The Bertz CT molecular complexity index is 610. The van der Waals surface area contributed by atoms with Gasteiger partial charge in [0.2, 0.25) is 0 Å². The second kappa shape index (κ2) is 4.25. The highest BCUT2D eigenvalue weighted by Gasteiger charge is 2.11. The molecule has 1 aromatic heterocycles. The lowest BCUT2D eigenvalue weighted by Crippen LogP contribution is -2.01. The molecule has 0 radical (unpaired) electrons. The number of benzene rings is 1. The van der Waals surface area contributed by atoms with Crippen LogP contribution in [0.4, 0.5) is 5.69 Å². The van der Waals surface area contributed by atoms with Crippen molar-refractivity contribution in [2.75, 3.05) is 0 Å². The van der Waals surface area contributed by atoms with Gasteiger partial charge < -0.3 is 0 Å². The first-order valence-electron chi connectivity index (χ1n) is 4.95. The molecule has 1 heterocycles. The van der Waals surface area contributed by atoms with Gasteiger partial charge in [-0.3, -0.25) is 14.9 Å². The van der Waals surface area contributed by atoms with Crippen molar-refractivity contribution in [1.29, 1.82) is 0 Å². The molecule has 1 aromatic carbocycles. The first-order chi connectivity index (χ1) is 8.08. The number of aromatic nitrogens is 2. The predicted octanol–water partition coefficient (Wildman–Crippen LogP) is 1.67. The minimum atomic E-state index is -0.482. The lowest BCUT2D eigenvalue weighted by atomic mass is 10.1. The Labute approximate surface area is 96.5 Å². The molecular weight excluding hydrogens is 222 g/mol. The molecule has 0 aliphatic heterocycles. The predicted molar refractivity (Wildman–Crippen MR) is 60.6 cm³/mol. The van der Waals surface area contributed by atoms with Crippen molar-refractivity contribution in [2.24, 2.45) is 0 Å². The van der Waals surface area contributed by atoms with Gasteiger partial charge in [0.1, 0.15) is 12.1 Å². The molecular formula is C11H9N3O3. The average Bonchev–Trinajstić information content (AvgIpc) is 2.28. The number of rotatable bonds is 3. The average molecular weight is 231 g/mol. The van der Waals surface area contributed by atoms with Crippen LogP contribution in [0.1, 0.15) is 12.6 Å². The maximum absolute atomic E-state index is 11.1. The first-order valence-corrected chi connectivity index (χ1v) is 4.95. The molecule has 2 aromatic rings. The number of ketones is 1. The molecule has 6 nitrogen and oxygen atoms in total. The Balaban J connectivity index is 2.63. The molecule has 0 aliphatic rings. The van der Waals surface area contributed by atoms with E-state index in [0.29, 0.717) is 16.6 Å². The smallest absolute Gasteiger partial charge is 0.270 e. The van der Waals surface area contributed by atoms with Crippen molar-refractivity contribution < 1.29 is 9.72 Å². The van der Waals surface area contributed by atoms with E-state index in [2.05, 4.69) is 9.97 Å². The van der Waals surface area contributed by atoms with Crippen molar-refractivity contribution in [1.82, 2.24) is 9.97 Å². The van der Waals surface area contributed by atoms with Crippen LogP contribution in [-0.2, 0) is 11.2 Å². The monoisotopic (exact) mass is 231 g/mol. The van der Waals surface area contributed by atoms with E-state index in [9.17, 15) is 14.9 Å². The summed E-state index contributed by atoms with van der Waals surface area (Å²) in [5, 5.41) is 11.2. The number of hydrogen-bond donors (Lipinski definition) is 0. The quantitative estimate of drug-likeness (QED) is 0.592. The van der Waals surface area contributed by atoms with Crippen LogP contribution in [0, 0.1) is 10.1 Å². The summed E-state index contributed by atoms with van der Waals surface area (Å²) < 4.78 is 0. The van der Waals surface area contributed by atoms with E-state index in [1.54, 1.807) is 6.07 Å². The van der Waals surface area contributed by atoms with Gasteiger partial charge >= 0.3 is 0 Å². The molecule has 0 spiro atoms. The molecule has 6 heteroatoms. The Morgan fingerprint density at radius 2 is 2.18 bits per heavy atom. The molecule has 0 fully saturated rings. The summed E-state index contributed by atoms with van der Waals surface area (Å²) >= 11 is 0. The minimum absolute atomic E-state index is 0.0305. The summed E-state index contributed by atoms with van der Waals surface area (Å²) in [4.78, 5) is 29.3. The van der Waals surface area contributed by atoms with Gasteiger partial charge in [-0.05, 0) is 13.0 Å². The zero-order valence-corrected chi connectivity index (χ0v) is 9.08. The van der Waals surface area contributed by atoms with Crippen LogP contribution in [0.25, 0.3) is 10.9 Å². The molecule has 2 rings (SSSR count). The zero-order valence-electron chi connectivity index (χ0n) is 9.08. The second-order valence-electron chi connectivity index (χ2n) is 3.66. The molecule has 0 N–H and O–H groups in total. The molecule has 86 valence electrons. The van der Waals surface area contributed by atoms with Crippen LogP contribution >= 0.6 is 0 Å². The number of carbonyl (C=O) groups is 1. The van der Waals surface area contributed by atoms with Crippen LogP contribution < -0.4 is 0 Å². The fourth-order valence-corrected chi connectivity index (χ4v) is 1.59. The fraction of sp³-hybridized carbons (Fsp3) is 0.182. The highest BCUT2D eigenvalue weighted by molar-refractivity contribution is 5.87. The third-order valence-corrected chi connectivity index (χ3v) is 2.33. The largest absolute Gasteiger partial charge is 0.300 e. The first kappa shape index (κ1) is 11.1. The van der Waals surface area contributed by atoms with Crippen molar-refractivity contribution in [3.63, 3.8) is 0 Å². The standard InChI is InChI=1S/C11H9N3O3/c1-7(15)4-11-9-5-8(14(16)17)2-3-10(9)12-6-13-11/h2-3,5-6H,4H2,1H3. The Morgan fingerprint density at radius 3 is 2.82 bits per heavy atom. The number of non-ortho nitro benzene ring substituents is 1. The van der Waals surface area contributed by atoms with E-state index >= 15 is 0 Å². The van der Waals surface area contributed by atoms with Crippen molar-refractivity contribution in [3.8, 4) is 0 Å². The highest BCUT2D eigenvalue weighted by Crippen LogP contribution is 2.21. The van der Waals surface area contributed by atoms with Gasteiger partial charge in [-0.15, -0.1) is 0 Å². The number of Topliss-reactive ketones (excluding diaryl/α,β-unsaturated/α-hetero) is 1. The second-order valence-corrected chi connectivity index (χ2v) is 3.66. The summed E-state index contributed by atoms with van der Waals surface area (Å²) in [7, 11) is 0. The lowest BCUT2D eigenvalue weighted by Gasteiger charge is -2.02. The van der Waals surface area contributed by atoms with Crippen molar-refractivity contribution in [2.45, 2.75) is 13.3 Å². The van der Waals surface area contributed by atoms with Gasteiger partial charge in [0.25, 0.3) is 5.69 Å². The summed E-state index contributed by atoms with van der Waals surface area (Å²) in [6.45, 7) is 1.45. The summed E-state index contributed by atoms with van der Waals surface area (Å²) in [6.07, 6.45) is 1.51. The fourth-order valence-electron chi connectivity index (χ4n) is 1.59. The van der Waals surface area contributed by atoms with E-state index in [1.807, 2.05) is 0 Å². The molecule has 0 unspecified atom stereocenters. The van der Waals surface area contributed by atoms with Crippen LogP contribution in [0.3, 0.4) is 0 Å². The molecule has 0 aliphatic carbocycles. The number of fused-ring (bicyclic) bond motifs is 1. The Morgan fingerprint density at radius 1 is 1.41 bits per heavy atom. The van der Waals surface area contributed by atoms with E-state index in [1.165, 1.54) is 25.4 Å². The third kappa shape index (κ3) is 2.25. The van der Waals surface area contributed by atoms with Gasteiger partial charge in [-0.25, -0.2) is 9.97 Å². The van der Waals surface area contributed by atoms with E-state index in [4.69, 9.17) is 0 Å². The summed E-state index contributed by atoms with van der Waals surface area (Å²) in [6, 6.07) is 4.33. The van der Waals surface area contributed by atoms with Crippen molar-refractivity contribution >= 4 is 22.4 Å². The van der Waals surface area contributed by atoms with Crippen LogP contribution in [0.2, 0.25) is 0 Å². The van der Waals surface area contributed by atoms with Gasteiger partial charge in [-0.1, -0.05) is 0 Å². The number of nitro groups is 1. The normalized spacial score (nSPS) is 10.4. The van der Waals surface area contributed by atoms with Crippen LogP contribution in [-0.4, -0.2) is 20.7 Å². The van der Waals surface area contributed by atoms with Gasteiger partial charge in [0.05, 0.1) is 16.1 Å². The maximum Gasteiger partial charge on any atom is 0.270 e. The van der Waals surface area contributed by atoms with E-state index < -0.39 is 4.92 Å². The Kier molecular flexibility index (Phi) is 2.78. The van der Waals surface area contributed by atoms with Crippen LogP contribution in [0.5, 0.6) is 0 Å². The molecule has 0 saturated carbocycles. The van der Waals surface area contributed by atoms with Crippen molar-refractivity contribution in [3.05, 3.63) is 40.3 Å². The molecule has 0 bridgehead atoms. The Hall–Kier alpha value is -2.37. The third-order valence-electron chi connectivity index (χ3n) is 2.33. The van der Waals surface area contributed by atoms with Gasteiger partial charge in [-0.2, -0.15) is 0 Å². The topological polar surface area (TPSA) is 86.0 Å². The number of nitrogens with zero attached hydrogens (tertiary/aromatic N) is 3. The molecule has 0 amide bonds. The number of nitro benzene ring substituents is 1. The van der Waals surface area contributed by atoms with E-state index in [0.717, 1.165) is 0 Å².